The van der Waals surface area contributed by atoms with Gasteiger partial charge < -0.3 is 67.3 Å². The van der Waals surface area contributed by atoms with Crippen LogP contribution in [-0.4, -0.2) is 209 Å². The third kappa shape index (κ3) is 27.1. The van der Waals surface area contributed by atoms with E-state index in [1.165, 1.54) is 75.5 Å². The summed E-state index contributed by atoms with van der Waals surface area (Å²) in [5.41, 5.74) is 13.6. The number of nitriles is 2. The fourth-order valence-electron chi connectivity index (χ4n) is 15.3. The quantitative estimate of drug-likeness (QED) is 0.0260. The number of halogens is 3. The Morgan fingerprint density at radius 3 is 1.48 bits per heavy atom. The summed E-state index contributed by atoms with van der Waals surface area (Å²) in [6.07, 6.45) is 15.5. The van der Waals surface area contributed by atoms with Crippen molar-refractivity contribution in [3.63, 3.8) is 0 Å². The second-order valence-electron chi connectivity index (χ2n) is 31.6. The van der Waals surface area contributed by atoms with E-state index in [9.17, 15) is 30.3 Å². The molecule has 5 aliphatic rings. The SMILES string of the molecule is CN1CCC(c2nc3cc(Br)ccc3o2)CC1.Cc1c(COc2cc(OCc3cncc(C#N)c3)c(CN3CCCC[C@H]3C(=O)O)cc2Cl)cccc1-c1ccc2oc(C3CCN(C)CC3)nc2c1.Cc1c(COc2cc(OCc3cncc(C#N)c3)c(CN3CCCC[C@H]3C(=O)O)cc2Cl)cccc1B1OC(C)(C)C(C)(C)O1.O=[P+]([O-])O[O-].[K+].[K][K]. The molecule has 10 aromatic rings. The molecule has 5 saturated heterocycles. The van der Waals surface area contributed by atoms with Crippen LogP contribution in [0.15, 0.2) is 147 Å². The van der Waals surface area contributed by atoms with Crippen LogP contribution in [-0.2, 0) is 67.7 Å². The van der Waals surface area contributed by atoms with Gasteiger partial charge in [0.2, 0.25) is 0 Å². The summed E-state index contributed by atoms with van der Waals surface area (Å²) in [7, 11) is 0.677. The number of hydrogen-bond acceptors (Lipinski definition) is 24. The number of oxazole rings is 2. The number of aromatic nitrogens is 4. The summed E-state index contributed by atoms with van der Waals surface area (Å²) in [6, 6.07) is 38.0. The fourth-order valence-corrected chi connectivity index (χ4v) is 16.1. The molecule has 5 fully saturated rings. The number of ether oxygens (including phenoxy) is 4. The van der Waals surface area contributed by atoms with Crippen LogP contribution in [0.4, 0.5) is 0 Å². The predicted molar refractivity (Wildman–Crippen MR) is 461 cm³/mol. The van der Waals surface area contributed by atoms with Gasteiger partial charge in [-0.05, 0) is 244 Å². The van der Waals surface area contributed by atoms with E-state index >= 15 is 0 Å². The van der Waals surface area contributed by atoms with Crippen molar-refractivity contribution in [1.29, 1.82) is 10.5 Å². The van der Waals surface area contributed by atoms with Crippen LogP contribution in [0, 0.1) is 36.5 Å². The maximum absolute atomic E-state index is 12.1. The average Bonchev–Trinajstić information content (AvgIpc) is 1.61. The molecule has 2 N–H and O–H groups in total. The molecule has 626 valence electrons. The number of carboxylic acid groups (broad SMARTS) is 2. The molecule has 0 amide bonds. The Bertz CT molecular complexity index is 5340. The third-order valence-corrected chi connectivity index (χ3v) is 24.1. The van der Waals surface area contributed by atoms with Gasteiger partial charge in [-0.2, -0.15) is 10.5 Å². The minimum absolute atomic E-state index is 0. The van der Waals surface area contributed by atoms with E-state index in [1.54, 1.807) is 48.8 Å². The fraction of sp³-hybridized carbons (Fsp3) is 0.409. The van der Waals surface area contributed by atoms with Crippen LogP contribution in [0.2, 0.25) is 10.0 Å². The van der Waals surface area contributed by atoms with Gasteiger partial charge in [0.25, 0.3) is 0 Å². The van der Waals surface area contributed by atoms with Crippen LogP contribution in [0.3, 0.4) is 0 Å². The second kappa shape index (κ2) is 47.7. The standard InChI is InChI=1S/C41H42ClN5O5.C34H39BClN3O6.C13H15BrN2O.3K.HO4P/c1-26-31(6-5-7-33(26)30-9-10-37-35(18-30)45-40(52-37)29-11-14-46(2)15-12-29)25-51-39-19-38(50-24-28-16-27(20-43)21-44-22-28)32(17-34(39)42)23-47-13-4-3-8-36(47)41(48)49;1-22-25(9-8-10-27(22)35-44-33(2,3)34(4,5)45-35)21-43-31-15-30(42-20-24-13-23(16-37)17-38-18-24)26(14-28(31)36)19-39-12-7-6-11-29(39)32(40)41;1-16-6-4-9(5-7-16)13-15-11-8-10(14)2-3-12(11)17-13;;;;1-4-5(2)3/h5-7,9-10,16-19,21-22,29,36H,3-4,8,11-15,23-25H2,1-2H3,(H,48,49);8-10,13-15,17-18,29H,6-7,11-12,19-21H2,1-5H3,(H,40,41);2-3,8-9H,4-7H2,1H3;;;;1H/q;;;;;+1;/p-1/t36-;29-;;;;;/m00...../s1. The number of piperidine rings is 4. The summed E-state index contributed by atoms with van der Waals surface area (Å²) < 4.78 is 62.2. The molecule has 0 bridgehead atoms. The number of hydrogen-bond donors (Lipinski definition) is 2. The normalized spacial score (nSPS) is 17.6. The number of pyridine rings is 2. The Balaban J connectivity index is 0.000000201. The maximum atomic E-state index is 12.1. The number of nitrogens with zero attached hydrogens (tertiary/aromatic N) is 10. The predicted octanol–water partition coefficient (Wildman–Crippen LogP) is 11.9. The molecule has 6 aromatic carbocycles. The molecular formula is C88H96BBrCl2K3N10O16P. The number of rotatable bonds is 23. The molecule has 3 atom stereocenters. The van der Waals surface area contributed by atoms with Crippen LogP contribution < -0.4 is 85.9 Å². The molecule has 0 spiro atoms. The molecule has 5 aliphatic heterocycles. The van der Waals surface area contributed by atoms with Crippen LogP contribution in [0.25, 0.3) is 33.3 Å². The number of fused-ring (bicyclic) bond motifs is 2. The summed E-state index contributed by atoms with van der Waals surface area (Å²) in [4.78, 5) is 59.3. The van der Waals surface area contributed by atoms with E-state index in [4.69, 9.17) is 80.0 Å². The zero-order valence-corrected chi connectivity index (χ0v) is 84.2. The van der Waals surface area contributed by atoms with Crippen molar-refractivity contribution in [2.24, 2.45) is 0 Å². The Kier molecular flexibility index (Phi) is 38.9. The van der Waals surface area contributed by atoms with E-state index in [0.717, 1.165) is 177 Å². The summed E-state index contributed by atoms with van der Waals surface area (Å²) >= 11 is 19.6. The molecule has 1 unspecified atom stereocenters. The summed E-state index contributed by atoms with van der Waals surface area (Å²) in [6.45, 7) is 19.5. The van der Waals surface area contributed by atoms with Crippen molar-refractivity contribution in [2.45, 2.75) is 180 Å². The van der Waals surface area contributed by atoms with Gasteiger partial charge in [0.05, 0.1) is 32.4 Å². The van der Waals surface area contributed by atoms with Gasteiger partial charge in [-0.15, -0.1) is 0 Å². The summed E-state index contributed by atoms with van der Waals surface area (Å²) in [5.74, 6) is 2.85. The molecule has 4 aromatic heterocycles. The van der Waals surface area contributed by atoms with Gasteiger partial charge in [0.1, 0.15) is 84.7 Å². The Morgan fingerprint density at radius 1 is 0.590 bits per heavy atom. The molecule has 122 heavy (non-hydrogen) atoms. The molecule has 0 saturated carbocycles. The molecule has 9 heterocycles. The zero-order valence-electron chi connectivity index (χ0n) is 70.8. The Morgan fingerprint density at radius 2 is 1.02 bits per heavy atom. The van der Waals surface area contributed by atoms with Gasteiger partial charge in [-0.3, -0.25) is 29.4 Å². The molecule has 34 heteroatoms. The number of benzene rings is 6. The number of likely N-dealkylation sites (tertiary alicyclic amines) is 4. The molecular weight excluding hydrogens is 1760 g/mol. The topological polar surface area (TPSA) is 341 Å². The minimum atomic E-state index is -3.15. The van der Waals surface area contributed by atoms with Crippen LogP contribution in [0.1, 0.15) is 171 Å². The van der Waals surface area contributed by atoms with Crippen molar-refractivity contribution in [1.82, 2.24) is 39.5 Å². The van der Waals surface area contributed by atoms with Crippen molar-refractivity contribution in [3.05, 3.63) is 216 Å². The van der Waals surface area contributed by atoms with Crippen molar-refractivity contribution >= 4 is 157 Å². The first kappa shape index (κ1) is 99.6. The Hall–Kier alpha value is -4.55. The second-order valence-corrected chi connectivity index (χ2v) is 34.0. The molecule has 0 radical (unpaired) electrons. The Labute approximate surface area is 819 Å². The average molecular weight is 1860 g/mol. The molecule has 26 nitrogen and oxygen atoms in total. The van der Waals surface area contributed by atoms with E-state index < -0.39 is 50.6 Å². The van der Waals surface area contributed by atoms with Gasteiger partial charge in [0, 0.05) is 88.6 Å². The van der Waals surface area contributed by atoms with E-state index in [-0.39, 0.29) is 77.8 Å². The van der Waals surface area contributed by atoms with E-state index in [2.05, 4.69) is 96.7 Å². The third-order valence-electron chi connectivity index (χ3n) is 22.9. The van der Waals surface area contributed by atoms with Crippen LogP contribution in [0.5, 0.6) is 23.0 Å². The first-order chi connectivity index (χ1) is 58.1. The summed E-state index contributed by atoms with van der Waals surface area (Å²) in [5, 5.41) is 47.7. The number of carbonyl (C=O) groups is 2. The molecule has 15 rings (SSSR count). The van der Waals surface area contributed by atoms with Crippen molar-refractivity contribution in [3.8, 4) is 46.3 Å². The van der Waals surface area contributed by atoms with E-state index in [1.807, 2.05) is 99.0 Å². The number of aliphatic carboxylic acids is 2. The van der Waals surface area contributed by atoms with Crippen molar-refractivity contribution in [2.75, 3.05) is 53.4 Å². The first-order valence-corrected chi connectivity index (χ1v) is 59.4. The monoisotopic (exact) mass is 1860 g/mol. The number of carboxylic acids is 2. The first-order valence-electron chi connectivity index (χ1n) is 40.7. The van der Waals surface area contributed by atoms with Gasteiger partial charge in [-0.1, -0.05) is 94.4 Å². The van der Waals surface area contributed by atoms with Gasteiger partial charge >= 0.3 is 142 Å². The van der Waals surface area contributed by atoms with Gasteiger partial charge in [-0.25, -0.2) is 14.6 Å². The van der Waals surface area contributed by atoms with Gasteiger partial charge in [0.15, 0.2) is 22.9 Å². The van der Waals surface area contributed by atoms with Crippen molar-refractivity contribution < 1.29 is 128 Å². The van der Waals surface area contributed by atoms with E-state index in [0.29, 0.717) is 95.0 Å². The van der Waals surface area contributed by atoms with Crippen LogP contribution >= 0.6 is 47.4 Å². The zero-order chi connectivity index (χ0) is 86.7. The molecule has 0 aliphatic carbocycles.